The van der Waals surface area contributed by atoms with Crippen molar-refractivity contribution in [2.75, 3.05) is 7.05 Å². The van der Waals surface area contributed by atoms with Crippen molar-refractivity contribution in [3.8, 4) is 0 Å². The second-order valence-corrected chi connectivity index (χ2v) is 7.06. The van der Waals surface area contributed by atoms with Crippen LogP contribution >= 0.6 is 11.8 Å². The minimum Gasteiger partial charge on any atom is -0.337 e. The molecule has 0 radical (unpaired) electrons. The molecule has 0 bridgehead atoms. The third kappa shape index (κ3) is 4.92. The second kappa shape index (κ2) is 8.47. The molecule has 0 atom stereocenters. The number of carbonyl (C=O) groups is 1. The first kappa shape index (κ1) is 19.9. The average molecular weight is 406 g/mol. The van der Waals surface area contributed by atoms with Gasteiger partial charge in [-0.05, 0) is 29.3 Å². The molecule has 1 amide bonds. The predicted octanol–water partition coefficient (Wildman–Crippen LogP) is 4.39. The summed E-state index contributed by atoms with van der Waals surface area (Å²) in [7, 11) is 1.63. The van der Waals surface area contributed by atoms with E-state index in [1.165, 1.54) is 35.1 Å². The zero-order valence-electron chi connectivity index (χ0n) is 14.9. The van der Waals surface area contributed by atoms with Crippen molar-refractivity contribution in [1.29, 1.82) is 0 Å². The minimum atomic E-state index is -4.37. The molecule has 5 nitrogen and oxygen atoms in total. The Balaban J connectivity index is 1.69. The molecule has 2 aromatic carbocycles. The molecule has 0 spiro atoms. The summed E-state index contributed by atoms with van der Waals surface area (Å²) in [5, 5.41) is 7.19. The number of nitrogens with zero attached hydrogens (tertiary/aromatic N) is 3. The number of nitrogens with one attached hydrogen (secondary N) is 1. The quantitative estimate of drug-likeness (QED) is 0.617. The molecule has 1 heterocycles. The lowest BCUT2D eigenvalue weighted by molar-refractivity contribution is -0.137. The van der Waals surface area contributed by atoms with E-state index in [0.717, 1.165) is 17.7 Å². The fourth-order valence-electron chi connectivity index (χ4n) is 2.62. The number of H-pyrrole nitrogens is 1. The third-order valence-corrected chi connectivity index (χ3v) is 4.98. The van der Waals surface area contributed by atoms with E-state index in [9.17, 15) is 18.0 Å². The van der Waals surface area contributed by atoms with E-state index in [1.54, 1.807) is 19.2 Å². The maximum absolute atomic E-state index is 12.9. The maximum atomic E-state index is 12.9. The van der Waals surface area contributed by atoms with Crippen LogP contribution in [0.5, 0.6) is 0 Å². The van der Waals surface area contributed by atoms with Crippen LogP contribution in [0.25, 0.3) is 0 Å². The van der Waals surface area contributed by atoms with Crippen LogP contribution < -0.4 is 0 Å². The van der Waals surface area contributed by atoms with E-state index in [0.29, 0.717) is 22.0 Å². The van der Waals surface area contributed by atoms with Gasteiger partial charge in [0.2, 0.25) is 0 Å². The molecule has 0 unspecified atom stereocenters. The number of hydrogen-bond acceptors (Lipinski definition) is 4. The lowest BCUT2D eigenvalue weighted by Gasteiger charge is -2.19. The van der Waals surface area contributed by atoms with Gasteiger partial charge in [0.1, 0.15) is 6.33 Å². The van der Waals surface area contributed by atoms with Crippen LogP contribution in [0.3, 0.4) is 0 Å². The molecule has 3 rings (SSSR count). The van der Waals surface area contributed by atoms with Crippen molar-refractivity contribution < 1.29 is 18.0 Å². The van der Waals surface area contributed by atoms with E-state index >= 15 is 0 Å². The third-order valence-electron chi connectivity index (χ3n) is 4.05. The zero-order chi connectivity index (χ0) is 20.1. The van der Waals surface area contributed by atoms with Crippen LogP contribution in [0.2, 0.25) is 0 Å². The normalized spacial score (nSPS) is 11.4. The van der Waals surface area contributed by atoms with Crippen LogP contribution in [0.4, 0.5) is 13.2 Å². The van der Waals surface area contributed by atoms with Gasteiger partial charge in [0.25, 0.3) is 5.91 Å². The number of rotatable bonds is 6. The van der Waals surface area contributed by atoms with E-state index in [4.69, 9.17) is 0 Å². The van der Waals surface area contributed by atoms with Gasteiger partial charge in [0.15, 0.2) is 5.16 Å². The number of halogens is 3. The Hall–Kier alpha value is -2.81. The Morgan fingerprint density at radius 1 is 1.14 bits per heavy atom. The van der Waals surface area contributed by atoms with E-state index in [1.807, 2.05) is 12.1 Å². The average Bonchev–Trinajstić information content (AvgIpc) is 3.19. The molecule has 0 aliphatic heterocycles. The highest BCUT2D eigenvalue weighted by atomic mass is 32.2. The van der Waals surface area contributed by atoms with Crippen molar-refractivity contribution in [1.82, 2.24) is 20.1 Å². The molecule has 3 aromatic rings. The lowest BCUT2D eigenvalue weighted by Crippen LogP contribution is -2.27. The minimum absolute atomic E-state index is 0.200. The van der Waals surface area contributed by atoms with Gasteiger partial charge in [0, 0.05) is 24.9 Å². The second-order valence-electron chi connectivity index (χ2n) is 6.09. The van der Waals surface area contributed by atoms with Gasteiger partial charge < -0.3 is 4.90 Å². The predicted molar refractivity (Wildman–Crippen MR) is 99.6 cm³/mol. The van der Waals surface area contributed by atoms with Gasteiger partial charge in [-0.2, -0.15) is 18.3 Å². The number of alkyl halides is 3. The fourth-order valence-corrected chi connectivity index (χ4v) is 3.40. The van der Waals surface area contributed by atoms with Gasteiger partial charge in [-0.3, -0.25) is 9.89 Å². The maximum Gasteiger partial charge on any atom is 0.416 e. The molecule has 0 saturated heterocycles. The molecule has 146 valence electrons. The summed E-state index contributed by atoms with van der Waals surface area (Å²) >= 11 is 1.42. The van der Waals surface area contributed by atoms with Gasteiger partial charge in [-0.25, -0.2) is 4.98 Å². The summed E-state index contributed by atoms with van der Waals surface area (Å²) in [5.41, 5.74) is 1.30. The summed E-state index contributed by atoms with van der Waals surface area (Å²) in [6.45, 7) is 0.209. The number of aromatic amines is 1. The highest BCUT2D eigenvalue weighted by molar-refractivity contribution is 7.98. The molecule has 0 aliphatic carbocycles. The van der Waals surface area contributed by atoms with E-state index in [-0.39, 0.29) is 12.5 Å². The van der Waals surface area contributed by atoms with Crippen molar-refractivity contribution in [2.45, 2.75) is 23.6 Å². The number of benzene rings is 2. The summed E-state index contributed by atoms with van der Waals surface area (Å²) in [5.74, 6) is 0.333. The molecule has 0 saturated carbocycles. The van der Waals surface area contributed by atoms with Gasteiger partial charge in [-0.15, -0.1) is 0 Å². The number of thioether (sulfide) groups is 1. The van der Waals surface area contributed by atoms with Gasteiger partial charge in [0.05, 0.1) is 5.56 Å². The van der Waals surface area contributed by atoms with Crippen LogP contribution in [-0.4, -0.2) is 33.0 Å². The highest BCUT2D eigenvalue weighted by Gasteiger charge is 2.30. The Morgan fingerprint density at radius 2 is 1.86 bits per heavy atom. The number of hydrogen-bond donors (Lipinski definition) is 1. The summed E-state index contributed by atoms with van der Waals surface area (Å²) < 4.78 is 38.0. The van der Waals surface area contributed by atoms with Crippen molar-refractivity contribution in [3.63, 3.8) is 0 Å². The molecule has 0 aliphatic rings. The molecule has 1 aromatic heterocycles. The molecule has 1 N–H and O–H groups in total. The largest absolute Gasteiger partial charge is 0.416 e. The highest BCUT2D eigenvalue weighted by Crippen LogP contribution is 2.29. The zero-order valence-corrected chi connectivity index (χ0v) is 15.7. The van der Waals surface area contributed by atoms with Crippen LogP contribution in [-0.2, 0) is 18.5 Å². The summed E-state index contributed by atoms with van der Waals surface area (Å²) in [4.78, 5) is 18.4. The number of carbonyl (C=O) groups excluding carboxylic acids is 1. The van der Waals surface area contributed by atoms with Crippen LogP contribution in [0, 0.1) is 0 Å². The number of amides is 1. The number of aromatic nitrogens is 3. The molecule has 0 fully saturated rings. The van der Waals surface area contributed by atoms with Gasteiger partial charge in [-0.1, -0.05) is 42.1 Å². The van der Waals surface area contributed by atoms with Gasteiger partial charge >= 0.3 is 6.18 Å². The SMILES string of the molecule is CN(Cc1ccc(C(F)(F)F)cc1)C(=O)c1ccccc1CSc1ncn[nH]1. The first-order valence-electron chi connectivity index (χ1n) is 8.32. The summed E-state index contributed by atoms with van der Waals surface area (Å²) in [6, 6.07) is 12.1. The Bertz CT molecular complexity index is 927. The topological polar surface area (TPSA) is 61.9 Å². The lowest BCUT2D eigenvalue weighted by atomic mass is 10.1. The first-order valence-corrected chi connectivity index (χ1v) is 9.31. The molecular formula is C19H17F3N4OS. The smallest absolute Gasteiger partial charge is 0.337 e. The Morgan fingerprint density at radius 3 is 2.50 bits per heavy atom. The standard InChI is InChI=1S/C19H17F3N4OS/c1-26(10-13-6-8-15(9-7-13)19(20,21)22)17(27)16-5-3-2-4-14(16)11-28-18-23-12-24-25-18/h2-9,12H,10-11H2,1H3,(H,23,24,25). The summed E-state index contributed by atoms with van der Waals surface area (Å²) in [6.07, 6.45) is -2.96. The Labute approximate surface area is 164 Å². The molecule has 28 heavy (non-hydrogen) atoms. The monoisotopic (exact) mass is 406 g/mol. The molecular weight excluding hydrogens is 389 g/mol. The van der Waals surface area contributed by atoms with E-state index in [2.05, 4.69) is 15.2 Å². The Kier molecular flexibility index (Phi) is 6.03. The van der Waals surface area contributed by atoms with Crippen molar-refractivity contribution in [2.24, 2.45) is 0 Å². The van der Waals surface area contributed by atoms with Crippen LogP contribution in [0.15, 0.2) is 60.0 Å². The van der Waals surface area contributed by atoms with E-state index < -0.39 is 11.7 Å². The van der Waals surface area contributed by atoms with Crippen molar-refractivity contribution >= 4 is 17.7 Å². The van der Waals surface area contributed by atoms with Crippen molar-refractivity contribution in [3.05, 3.63) is 77.1 Å². The first-order chi connectivity index (χ1) is 13.3. The molecule has 9 heteroatoms. The fraction of sp³-hybridized carbons (Fsp3) is 0.211. The van der Waals surface area contributed by atoms with Crippen LogP contribution in [0.1, 0.15) is 27.0 Å².